The molecule has 20 heavy (non-hydrogen) atoms. The molecule has 1 aromatic rings. The minimum Gasteiger partial charge on any atom is -0.481 e. The fraction of sp³-hybridized carbons (Fsp3) is 0.462. The van der Waals surface area contributed by atoms with E-state index in [1.807, 2.05) is 0 Å². The van der Waals surface area contributed by atoms with Crippen molar-refractivity contribution in [1.29, 1.82) is 0 Å². The minimum absolute atomic E-state index is 0.108. The molecule has 0 aliphatic rings. The van der Waals surface area contributed by atoms with Gasteiger partial charge in [0.25, 0.3) is 5.91 Å². The van der Waals surface area contributed by atoms with Gasteiger partial charge in [0.1, 0.15) is 0 Å². The van der Waals surface area contributed by atoms with Crippen LogP contribution in [0.2, 0.25) is 0 Å². The molecule has 1 rings (SSSR count). The van der Waals surface area contributed by atoms with E-state index in [0.717, 1.165) is 0 Å². The van der Waals surface area contributed by atoms with Gasteiger partial charge in [0, 0.05) is 12.6 Å². The van der Waals surface area contributed by atoms with Gasteiger partial charge in [-0.05, 0) is 25.3 Å². The van der Waals surface area contributed by atoms with Gasteiger partial charge in [0.15, 0.2) is 0 Å². The van der Waals surface area contributed by atoms with Crippen LogP contribution in [0, 0.1) is 0 Å². The lowest BCUT2D eigenvalue weighted by Crippen LogP contribution is -2.44. The number of nitrogens with zero attached hydrogens (tertiary/aromatic N) is 1. The third-order valence-corrected chi connectivity index (χ3v) is 3.52. The molecule has 0 spiro atoms. The molecule has 0 bridgehead atoms. The number of hydrogen-bond acceptors (Lipinski definition) is 4. The summed E-state index contributed by atoms with van der Waals surface area (Å²) in [7, 11) is 0. The molecule has 1 aromatic heterocycles. The van der Waals surface area contributed by atoms with Crippen molar-refractivity contribution in [3.05, 3.63) is 22.4 Å². The molecule has 2 amide bonds. The van der Waals surface area contributed by atoms with Crippen LogP contribution in [0.1, 0.15) is 29.9 Å². The largest absolute Gasteiger partial charge is 0.481 e. The van der Waals surface area contributed by atoms with Crippen LogP contribution in [0.4, 0.5) is 0 Å². The first-order chi connectivity index (χ1) is 9.41. The highest BCUT2D eigenvalue weighted by Gasteiger charge is 2.18. The summed E-state index contributed by atoms with van der Waals surface area (Å²) in [5, 5.41) is 13.0. The van der Waals surface area contributed by atoms with E-state index in [9.17, 15) is 14.4 Å². The number of rotatable bonds is 7. The number of aliphatic carboxylic acids is 1. The van der Waals surface area contributed by atoms with Crippen LogP contribution in [0.15, 0.2) is 17.5 Å². The molecule has 0 saturated carbocycles. The highest BCUT2D eigenvalue weighted by atomic mass is 32.1. The van der Waals surface area contributed by atoms with E-state index >= 15 is 0 Å². The highest BCUT2D eigenvalue weighted by Crippen LogP contribution is 2.07. The normalized spacial score (nSPS) is 10.3. The average molecular weight is 298 g/mol. The van der Waals surface area contributed by atoms with Crippen molar-refractivity contribution in [2.24, 2.45) is 0 Å². The fourth-order valence-corrected chi connectivity index (χ4v) is 2.28. The Kier molecular flexibility index (Phi) is 6.17. The molecular weight excluding hydrogens is 280 g/mol. The molecule has 0 aromatic carbocycles. The van der Waals surface area contributed by atoms with Crippen LogP contribution in [0.25, 0.3) is 0 Å². The summed E-state index contributed by atoms with van der Waals surface area (Å²) >= 11 is 1.30. The number of amides is 2. The number of carboxylic acid groups (broad SMARTS) is 1. The van der Waals surface area contributed by atoms with Gasteiger partial charge < -0.3 is 15.3 Å². The van der Waals surface area contributed by atoms with E-state index in [2.05, 4.69) is 5.32 Å². The predicted octanol–water partition coefficient (Wildman–Crippen LogP) is 1.19. The van der Waals surface area contributed by atoms with Crippen molar-refractivity contribution in [2.75, 3.05) is 13.1 Å². The summed E-state index contributed by atoms with van der Waals surface area (Å²) in [4.78, 5) is 36.2. The first-order valence-electron chi connectivity index (χ1n) is 6.24. The Morgan fingerprint density at radius 1 is 1.40 bits per heavy atom. The molecule has 0 fully saturated rings. The van der Waals surface area contributed by atoms with Crippen LogP contribution >= 0.6 is 11.3 Å². The number of carboxylic acids is 1. The van der Waals surface area contributed by atoms with Gasteiger partial charge in [-0.15, -0.1) is 11.3 Å². The van der Waals surface area contributed by atoms with E-state index in [-0.39, 0.29) is 37.4 Å². The Bertz CT molecular complexity index is 471. The van der Waals surface area contributed by atoms with Crippen molar-refractivity contribution in [2.45, 2.75) is 26.3 Å². The Morgan fingerprint density at radius 3 is 2.60 bits per heavy atom. The molecule has 0 atom stereocenters. The molecule has 0 saturated heterocycles. The third kappa shape index (κ3) is 5.00. The molecule has 7 heteroatoms. The number of carbonyl (C=O) groups excluding carboxylic acids is 2. The van der Waals surface area contributed by atoms with E-state index < -0.39 is 5.97 Å². The molecule has 1 heterocycles. The Morgan fingerprint density at radius 2 is 2.10 bits per heavy atom. The van der Waals surface area contributed by atoms with Crippen molar-refractivity contribution in [1.82, 2.24) is 10.2 Å². The van der Waals surface area contributed by atoms with Gasteiger partial charge in [-0.2, -0.15) is 0 Å². The quantitative estimate of drug-likeness (QED) is 0.791. The molecule has 110 valence electrons. The zero-order chi connectivity index (χ0) is 15.1. The summed E-state index contributed by atoms with van der Waals surface area (Å²) in [6, 6.07) is 3.32. The van der Waals surface area contributed by atoms with Crippen LogP contribution < -0.4 is 5.32 Å². The second-order valence-electron chi connectivity index (χ2n) is 4.48. The molecule has 0 radical (unpaired) electrons. The standard InChI is InChI=1S/C13H18N2O4S/c1-9(2)15(6-5-12(17)18)11(16)8-14-13(19)10-4-3-7-20-10/h3-4,7,9H,5-6,8H2,1-2H3,(H,14,19)(H,17,18). The topological polar surface area (TPSA) is 86.7 Å². The van der Waals surface area contributed by atoms with Crippen molar-refractivity contribution in [3.63, 3.8) is 0 Å². The molecule has 0 aliphatic heterocycles. The number of thiophene rings is 1. The van der Waals surface area contributed by atoms with Crippen molar-refractivity contribution < 1.29 is 19.5 Å². The van der Waals surface area contributed by atoms with E-state index in [1.54, 1.807) is 31.4 Å². The second kappa shape index (κ2) is 7.64. The first kappa shape index (κ1) is 16.2. The van der Waals surface area contributed by atoms with Crippen LogP contribution in [0.3, 0.4) is 0 Å². The maximum atomic E-state index is 12.0. The number of hydrogen-bond donors (Lipinski definition) is 2. The molecule has 6 nitrogen and oxygen atoms in total. The smallest absolute Gasteiger partial charge is 0.305 e. The lowest BCUT2D eigenvalue weighted by molar-refractivity contribution is -0.138. The Labute approximate surface area is 121 Å². The lowest BCUT2D eigenvalue weighted by atomic mass is 10.2. The highest BCUT2D eigenvalue weighted by molar-refractivity contribution is 7.12. The average Bonchev–Trinajstić information content (AvgIpc) is 2.89. The summed E-state index contributed by atoms with van der Waals surface area (Å²) < 4.78 is 0. The Balaban J connectivity index is 2.49. The van der Waals surface area contributed by atoms with Gasteiger partial charge in [-0.3, -0.25) is 14.4 Å². The van der Waals surface area contributed by atoms with E-state index in [4.69, 9.17) is 5.11 Å². The van der Waals surface area contributed by atoms with Crippen molar-refractivity contribution >= 4 is 29.1 Å². The zero-order valence-electron chi connectivity index (χ0n) is 11.5. The van der Waals surface area contributed by atoms with Gasteiger partial charge in [0.2, 0.25) is 5.91 Å². The zero-order valence-corrected chi connectivity index (χ0v) is 12.3. The summed E-state index contributed by atoms with van der Waals surface area (Å²) in [6.07, 6.45) is -0.108. The van der Waals surface area contributed by atoms with Gasteiger partial charge >= 0.3 is 5.97 Å². The molecular formula is C13H18N2O4S. The van der Waals surface area contributed by atoms with Gasteiger partial charge in [0.05, 0.1) is 17.8 Å². The second-order valence-corrected chi connectivity index (χ2v) is 5.43. The molecule has 0 aliphatic carbocycles. The first-order valence-corrected chi connectivity index (χ1v) is 7.12. The van der Waals surface area contributed by atoms with Gasteiger partial charge in [-0.25, -0.2) is 0 Å². The molecule has 0 unspecified atom stereocenters. The monoisotopic (exact) mass is 298 g/mol. The summed E-state index contributed by atoms with van der Waals surface area (Å²) in [6.45, 7) is 3.62. The summed E-state index contributed by atoms with van der Waals surface area (Å²) in [5.41, 5.74) is 0. The number of nitrogens with one attached hydrogen (secondary N) is 1. The van der Waals surface area contributed by atoms with Crippen LogP contribution in [-0.2, 0) is 9.59 Å². The third-order valence-electron chi connectivity index (χ3n) is 2.66. The SMILES string of the molecule is CC(C)N(CCC(=O)O)C(=O)CNC(=O)c1cccs1. The minimum atomic E-state index is -0.953. The van der Waals surface area contributed by atoms with Crippen molar-refractivity contribution in [3.8, 4) is 0 Å². The van der Waals surface area contributed by atoms with E-state index in [0.29, 0.717) is 4.88 Å². The fourth-order valence-electron chi connectivity index (χ4n) is 1.64. The predicted molar refractivity (Wildman–Crippen MR) is 75.8 cm³/mol. The maximum absolute atomic E-state index is 12.0. The molecule has 2 N–H and O–H groups in total. The number of carbonyl (C=O) groups is 3. The van der Waals surface area contributed by atoms with Gasteiger partial charge in [-0.1, -0.05) is 6.07 Å². The maximum Gasteiger partial charge on any atom is 0.305 e. The lowest BCUT2D eigenvalue weighted by Gasteiger charge is -2.26. The van der Waals surface area contributed by atoms with Crippen LogP contribution in [0.5, 0.6) is 0 Å². The summed E-state index contributed by atoms with van der Waals surface area (Å²) in [5.74, 6) is -1.53. The van der Waals surface area contributed by atoms with E-state index in [1.165, 1.54) is 16.2 Å². The van der Waals surface area contributed by atoms with Crippen LogP contribution in [-0.4, -0.2) is 46.9 Å². The Hall–Kier alpha value is -1.89.